The first-order chi connectivity index (χ1) is 14.0. The first-order valence-electron chi connectivity index (χ1n) is 9.54. The average molecular weight is 378 g/mol. The van der Waals surface area contributed by atoms with E-state index in [1.165, 1.54) is 0 Å². The molecule has 4 aromatic carbocycles. The third kappa shape index (κ3) is 2.26. The Hall–Kier alpha value is -3.92. The lowest BCUT2D eigenvalue weighted by atomic mass is 9.66. The molecule has 5 rings (SSSR count). The van der Waals surface area contributed by atoms with Crippen LogP contribution in [0.5, 0.6) is 0 Å². The standard InChI is InChI=1S/C25H22N4/c26-15-9-11-17-18-12-10-16(27)14-22(18)25(21(17)13-15,19-5-1-3-7-23(19)28)20-6-2-4-8-24(20)29/h1-14H,26-29H2. The first-order valence-corrected chi connectivity index (χ1v) is 9.54. The summed E-state index contributed by atoms with van der Waals surface area (Å²) in [7, 11) is 0. The molecule has 0 aliphatic heterocycles. The highest BCUT2D eigenvalue weighted by atomic mass is 14.6. The van der Waals surface area contributed by atoms with Crippen LogP contribution in [0.4, 0.5) is 22.7 Å². The summed E-state index contributed by atoms with van der Waals surface area (Å²) >= 11 is 0. The van der Waals surface area contributed by atoms with E-state index in [0.29, 0.717) is 22.7 Å². The third-order valence-corrected chi connectivity index (χ3v) is 5.92. The Kier molecular flexibility index (Phi) is 3.58. The van der Waals surface area contributed by atoms with Crippen molar-refractivity contribution < 1.29 is 0 Å². The molecule has 0 saturated carbocycles. The molecule has 0 heterocycles. The molecule has 142 valence electrons. The number of hydrogen-bond donors (Lipinski definition) is 4. The van der Waals surface area contributed by atoms with Crippen molar-refractivity contribution in [2.75, 3.05) is 22.9 Å². The number of para-hydroxylation sites is 2. The highest BCUT2D eigenvalue weighted by Gasteiger charge is 2.48. The van der Waals surface area contributed by atoms with Crippen LogP contribution in [0.1, 0.15) is 22.3 Å². The molecule has 4 aromatic rings. The smallest absolute Gasteiger partial charge is 0.0754 e. The molecule has 0 radical (unpaired) electrons. The molecule has 4 nitrogen and oxygen atoms in total. The third-order valence-electron chi connectivity index (χ3n) is 5.92. The highest BCUT2D eigenvalue weighted by molar-refractivity contribution is 5.90. The molecule has 8 N–H and O–H groups in total. The quantitative estimate of drug-likeness (QED) is 0.342. The van der Waals surface area contributed by atoms with Crippen LogP contribution >= 0.6 is 0 Å². The largest absolute Gasteiger partial charge is 0.399 e. The summed E-state index contributed by atoms with van der Waals surface area (Å²) in [5.41, 5.74) is 34.0. The summed E-state index contributed by atoms with van der Waals surface area (Å²) in [6, 6.07) is 27.9. The van der Waals surface area contributed by atoms with E-state index in [-0.39, 0.29) is 0 Å². The van der Waals surface area contributed by atoms with Crippen molar-refractivity contribution in [2.45, 2.75) is 5.41 Å². The number of benzene rings is 4. The van der Waals surface area contributed by atoms with Gasteiger partial charge in [-0.05, 0) is 69.8 Å². The van der Waals surface area contributed by atoms with Crippen molar-refractivity contribution in [1.29, 1.82) is 0 Å². The van der Waals surface area contributed by atoms with Gasteiger partial charge in [-0.2, -0.15) is 0 Å². The van der Waals surface area contributed by atoms with E-state index in [1.54, 1.807) is 0 Å². The number of nitrogens with two attached hydrogens (primary N) is 4. The van der Waals surface area contributed by atoms with Crippen molar-refractivity contribution in [3.8, 4) is 11.1 Å². The molecule has 0 atom stereocenters. The monoisotopic (exact) mass is 378 g/mol. The lowest BCUT2D eigenvalue weighted by molar-refractivity contribution is 0.775. The van der Waals surface area contributed by atoms with Gasteiger partial charge in [0.25, 0.3) is 0 Å². The van der Waals surface area contributed by atoms with E-state index in [9.17, 15) is 0 Å². The SMILES string of the molecule is Nc1ccc2c(c1)C(c1ccccc1N)(c1ccccc1N)c1cc(N)ccc1-2. The maximum absolute atomic E-state index is 6.56. The zero-order valence-electron chi connectivity index (χ0n) is 15.9. The molecule has 1 aliphatic rings. The van der Waals surface area contributed by atoms with Crippen LogP contribution < -0.4 is 22.9 Å². The molecule has 0 fully saturated rings. The van der Waals surface area contributed by atoms with Gasteiger partial charge < -0.3 is 22.9 Å². The maximum atomic E-state index is 6.56. The van der Waals surface area contributed by atoms with Gasteiger partial charge in [0.05, 0.1) is 5.41 Å². The van der Waals surface area contributed by atoms with Gasteiger partial charge in [0.15, 0.2) is 0 Å². The topological polar surface area (TPSA) is 104 Å². The molecule has 4 heteroatoms. The Labute approximate surface area is 169 Å². The maximum Gasteiger partial charge on any atom is 0.0754 e. The van der Waals surface area contributed by atoms with Crippen molar-refractivity contribution in [2.24, 2.45) is 0 Å². The Morgan fingerprint density at radius 2 is 0.862 bits per heavy atom. The normalized spacial score (nSPS) is 13.7. The zero-order chi connectivity index (χ0) is 20.2. The van der Waals surface area contributed by atoms with E-state index >= 15 is 0 Å². The number of rotatable bonds is 2. The Morgan fingerprint density at radius 1 is 0.448 bits per heavy atom. The molecule has 0 spiro atoms. The molecule has 0 bridgehead atoms. The second-order valence-corrected chi connectivity index (χ2v) is 7.53. The minimum Gasteiger partial charge on any atom is -0.399 e. The summed E-state index contributed by atoms with van der Waals surface area (Å²) < 4.78 is 0. The van der Waals surface area contributed by atoms with Crippen LogP contribution in [0.25, 0.3) is 11.1 Å². The molecular weight excluding hydrogens is 356 g/mol. The molecule has 0 saturated heterocycles. The van der Waals surface area contributed by atoms with Gasteiger partial charge in [-0.15, -0.1) is 0 Å². The predicted molar refractivity (Wildman–Crippen MR) is 121 cm³/mol. The Morgan fingerprint density at radius 3 is 1.28 bits per heavy atom. The summed E-state index contributed by atoms with van der Waals surface area (Å²) in [5, 5.41) is 0. The summed E-state index contributed by atoms with van der Waals surface area (Å²) in [5.74, 6) is 0. The van der Waals surface area contributed by atoms with Crippen LogP contribution in [-0.4, -0.2) is 0 Å². The van der Waals surface area contributed by atoms with Gasteiger partial charge in [-0.3, -0.25) is 0 Å². The molecule has 0 amide bonds. The van der Waals surface area contributed by atoms with Crippen molar-refractivity contribution in [1.82, 2.24) is 0 Å². The van der Waals surface area contributed by atoms with Gasteiger partial charge >= 0.3 is 0 Å². The Balaban J connectivity index is 2.05. The van der Waals surface area contributed by atoms with Crippen LogP contribution in [0.15, 0.2) is 84.9 Å². The fourth-order valence-corrected chi connectivity index (χ4v) is 4.76. The van der Waals surface area contributed by atoms with E-state index in [4.69, 9.17) is 22.9 Å². The second-order valence-electron chi connectivity index (χ2n) is 7.53. The van der Waals surface area contributed by atoms with Crippen LogP contribution in [0.3, 0.4) is 0 Å². The number of nitrogen functional groups attached to an aromatic ring is 4. The van der Waals surface area contributed by atoms with Gasteiger partial charge in [-0.1, -0.05) is 48.5 Å². The molecule has 29 heavy (non-hydrogen) atoms. The summed E-state index contributed by atoms with van der Waals surface area (Å²) in [6.07, 6.45) is 0. The second kappa shape index (κ2) is 6.04. The zero-order valence-corrected chi connectivity index (χ0v) is 15.9. The van der Waals surface area contributed by atoms with E-state index in [2.05, 4.69) is 24.3 Å². The number of hydrogen-bond acceptors (Lipinski definition) is 4. The van der Waals surface area contributed by atoms with E-state index < -0.39 is 5.41 Å². The molecular formula is C25H22N4. The minimum absolute atomic E-state index is 0.693. The van der Waals surface area contributed by atoms with Gasteiger partial charge in [0.1, 0.15) is 0 Å². The number of fused-ring (bicyclic) bond motifs is 3. The van der Waals surface area contributed by atoms with Gasteiger partial charge in [0, 0.05) is 22.7 Å². The van der Waals surface area contributed by atoms with Crippen LogP contribution in [0.2, 0.25) is 0 Å². The predicted octanol–water partition coefficient (Wildman–Crippen LogP) is 4.38. The lowest BCUT2D eigenvalue weighted by Crippen LogP contribution is -2.31. The fourth-order valence-electron chi connectivity index (χ4n) is 4.76. The minimum atomic E-state index is -0.702. The summed E-state index contributed by atoms with van der Waals surface area (Å²) in [6.45, 7) is 0. The molecule has 1 aliphatic carbocycles. The molecule has 0 aromatic heterocycles. The summed E-state index contributed by atoms with van der Waals surface area (Å²) in [4.78, 5) is 0. The Bertz CT molecular complexity index is 1160. The average Bonchev–Trinajstić information content (AvgIpc) is 2.98. The number of anilines is 4. The van der Waals surface area contributed by atoms with Gasteiger partial charge in [0.2, 0.25) is 0 Å². The molecule has 0 unspecified atom stereocenters. The lowest BCUT2D eigenvalue weighted by Gasteiger charge is -2.35. The van der Waals surface area contributed by atoms with Crippen molar-refractivity contribution in [3.63, 3.8) is 0 Å². The van der Waals surface area contributed by atoms with E-state index in [1.807, 2.05) is 60.7 Å². The van der Waals surface area contributed by atoms with Gasteiger partial charge in [-0.25, -0.2) is 0 Å². The van der Waals surface area contributed by atoms with Crippen molar-refractivity contribution in [3.05, 3.63) is 107 Å². The van der Waals surface area contributed by atoms with Crippen molar-refractivity contribution >= 4 is 22.7 Å². The first kappa shape index (κ1) is 17.2. The highest BCUT2D eigenvalue weighted by Crippen LogP contribution is 2.58. The van der Waals surface area contributed by atoms with E-state index in [0.717, 1.165) is 33.4 Å². The van der Waals surface area contributed by atoms with Crippen LogP contribution in [-0.2, 0) is 5.41 Å². The van der Waals surface area contributed by atoms with Crippen LogP contribution in [0, 0.1) is 0 Å². The fraction of sp³-hybridized carbons (Fsp3) is 0.0400.